The van der Waals surface area contributed by atoms with Crippen LogP contribution in [0.5, 0.6) is 0 Å². The number of aromatic nitrogens is 4. The Hall–Kier alpha value is -3.22. The standard InChI is InChI=1S/C6H2Cl2F3N.C6H2ClF4N.C6H3ClF3N.C6H3F4N/c7-3-1-4(6(9,10)11)5(8)12-2-3;7-5-3(6(9,10)11)1-2-4(8)12-5;7-5-4(6(8,9)10)2-1-3-11-5;7-5-2-1-4(3-11-5)6(8,9)10/h2*1-2H;2*1-3H. The van der Waals surface area contributed by atoms with Crippen LogP contribution < -0.4 is 0 Å². The van der Waals surface area contributed by atoms with Gasteiger partial charge in [-0.05, 0) is 42.5 Å². The van der Waals surface area contributed by atoms with Gasteiger partial charge in [0.15, 0.2) is 0 Å². The lowest BCUT2D eigenvalue weighted by Crippen LogP contribution is -2.07. The predicted octanol–water partition coefficient (Wildman–Crippen LogP) is 11.3. The van der Waals surface area contributed by atoms with E-state index in [-0.39, 0.29) is 5.02 Å². The SMILES string of the molecule is FC(F)(F)c1cc(Cl)cnc1Cl.FC(F)(F)c1cccnc1Cl.Fc1ccc(C(F)(F)F)c(Cl)n1.Fc1ccc(C(F)(F)F)cn1. The predicted molar refractivity (Wildman–Crippen MR) is 137 cm³/mol. The fourth-order valence-corrected chi connectivity index (χ4v) is 3.23. The molecule has 0 aliphatic heterocycles. The molecule has 22 heteroatoms. The van der Waals surface area contributed by atoms with Gasteiger partial charge in [0.05, 0.1) is 27.3 Å². The Bertz CT molecular complexity index is 1560. The molecule has 0 aliphatic carbocycles. The van der Waals surface area contributed by atoms with Crippen LogP contribution in [0.1, 0.15) is 22.3 Å². The summed E-state index contributed by atoms with van der Waals surface area (Å²) in [4.78, 5) is 12.2. The van der Waals surface area contributed by atoms with Crippen molar-refractivity contribution >= 4 is 46.4 Å². The summed E-state index contributed by atoms with van der Waals surface area (Å²) in [5.41, 5.74) is -4.00. The van der Waals surface area contributed by atoms with Gasteiger partial charge in [0.1, 0.15) is 15.5 Å². The lowest BCUT2D eigenvalue weighted by atomic mass is 10.3. The number of hydrogen-bond acceptors (Lipinski definition) is 4. The zero-order valence-corrected chi connectivity index (χ0v) is 24.4. The molecule has 4 aromatic heterocycles. The van der Waals surface area contributed by atoms with Gasteiger partial charge in [-0.2, -0.15) is 61.5 Å². The number of hydrogen-bond donors (Lipinski definition) is 0. The van der Waals surface area contributed by atoms with Gasteiger partial charge in [-0.3, -0.25) is 0 Å². The summed E-state index contributed by atoms with van der Waals surface area (Å²) >= 11 is 20.7. The molecule has 0 radical (unpaired) electrons. The van der Waals surface area contributed by atoms with Crippen LogP contribution in [0.4, 0.5) is 61.5 Å². The summed E-state index contributed by atoms with van der Waals surface area (Å²) < 4.78 is 167. The topological polar surface area (TPSA) is 51.6 Å². The summed E-state index contributed by atoms with van der Waals surface area (Å²) in [5, 5.41) is -2.07. The molecule has 4 aromatic rings. The lowest BCUT2D eigenvalue weighted by Gasteiger charge is -2.07. The molecular formula is C24H10Cl4F14N4. The number of rotatable bonds is 0. The van der Waals surface area contributed by atoms with Gasteiger partial charge in [0.25, 0.3) is 0 Å². The molecule has 0 bridgehead atoms. The highest BCUT2D eigenvalue weighted by Gasteiger charge is 2.35. The third-order valence-electron chi connectivity index (χ3n) is 4.35. The Labute approximate surface area is 267 Å². The average molecular weight is 762 g/mol. The van der Waals surface area contributed by atoms with Crippen LogP contribution in [0.25, 0.3) is 0 Å². The van der Waals surface area contributed by atoms with Crippen molar-refractivity contribution in [1.82, 2.24) is 19.9 Å². The van der Waals surface area contributed by atoms with Crippen molar-refractivity contribution in [3.8, 4) is 0 Å². The largest absolute Gasteiger partial charge is 0.419 e. The molecule has 0 saturated heterocycles. The van der Waals surface area contributed by atoms with Gasteiger partial charge >= 0.3 is 24.7 Å². The van der Waals surface area contributed by atoms with E-state index in [2.05, 4.69) is 19.9 Å². The minimum absolute atomic E-state index is 0.0910. The van der Waals surface area contributed by atoms with Crippen LogP contribution in [-0.2, 0) is 24.7 Å². The maximum absolute atomic E-state index is 12.2. The van der Waals surface area contributed by atoms with Crippen molar-refractivity contribution in [2.75, 3.05) is 0 Å². The second kappa shape index (κ2) is 16.6. The quantitative estimate of drug-likeness (QED) is 0.132. The van der Waals surface area contributed by atoms with Crippen LogP contribution in [0.2, 0.25) is 20.5 Å². The lowest BCUT2D eigenvalue weighted by molar-refractivity contribution is -0.138. The number of nitrogens with zero attached hydrogens (tertiary/aromatic N) is 4. The van der Waals surface area contributed by atoms with Crippen molar-refractivity contribution in [2.24, 2.45) is 0 Å². The molecule has 4 nitrogen and oxygen atoms in total. The molecule has 0 amide bonds. The van der Waals surface area contributed by atoms with Crippen molar-refractivity contribution in [3.63, 3.8) is 0 Å². The fraction of sp³-hybridized carbons (Fsp3) is 0.167. The molecule has 4 heterocycles. The van der Waals surface area contributed by atoms with Gasteiger partial charge in [0.2, 0.25) is 11.9 Å². The van der Waals surface area contributed by atoms with E-state index in [1.807, 2.05) is 0 Å². The summed E-state index contributed by atoms with van der Waals surface area (Å²) in [5.74, 6) is -1.95. The first-order chi connectivity index (χ1) is 20.8. The smallest absolute Gasteiger partial charge is 0.244 e. The van der Waals surface area contributed by atoms with E-state index in [0.717, 1.165) is 18.3 Å². The van der Waals surface area contributed by atoms with E-state index in [1.54, 1.807) is 0 Å². The van der Waals surface area contributed by atoms with Gasteiger partial charge in [0, 0.05) is 18.6 Å². The number of alkyl halides is 12. The van der Waals surface area contributed by atoms with Gasteiger partial charge < -0.3 is 0 Å². The highest BCUT2D eigenvalue weighted by atomic mass is 35.5. The van der Waals surface area contributed by atoms with Crippen molar-refractivity contribution < 1.29 is 61.5 Å². The summed E-state index contributed by atoms with van der Waals surface area (Å²) in [7, 11) is 0. The van der Waals surface area contributed by atoms with E-state index in [0.29, 0.717) is 30.5 Å². The highest BCUT2D eigenvalue weighted by Crippen LogP contribution is 2.35. The molecule has 0 aliphatic rings. The molecule has 0 aromatic carbocycles. The molecule has 0 unspecified atom stereocenters. The van der Waals surface area contributed by atoms with E-state index in [1.165, 1.54) is 12.3 Å². The van der Waals surface area contributed by atoms with Gasteiger partial charge in [-0.1, -0.05) is 46.4 Å². The monoisotopic (exact) mass is 760 g/mol. The average Bonchev–Trinajstić information content (AvgIpc) is 2.89. The van der Waals surface area contributed by atoms with Crippen molar-refractivity contribution in [3.05, 3.63) is 116 Å². The van der Waals surface area contributed by atoms with Crippen LogP contribution >= 0.6 is 46.4 Å². The molecule has 0 saturated carbocycles. The van der Waals surface area contributed by atoms with Crippen molar-refractivity contribution in [2.45, 2.75) is 24.7 Å². The Balaban J connectivity index is 0.000000307. The number of halogens is 18. The van der Waals surface area contributed by atoms with Crippen LogP contribution in [-0.4, -0.2) is 19.9 Å². The minimum atomic E-state index is -4.59. The molecule has 46 heavy (non-hydrogen) atoms. The second-order valence-corrected chi connectivity index (χ2v) is 9.18. The summed E-state index contributed by atoms with van der Waals surface area (Å²) in [6.07, 6.45) is -15.2. The highest BCUT2D eigenvalue weighted by molar-refractivity contribution is 6.32. The Morgan fingerprint density at radius 2 is 0.978 bits per heavy atom. The van der Waals surface area contributed by atoms with Crippen LogP contribution in [0, 0.1) is 11.9 Å². The molecule has 0 N–H and O–H groups in total. The maximum Gasteiger partial charge on any atom is 0.419 e. The normalized spacial score (nSPS) is 11.7. The maximum atomic E-state index is 12.2. The first-order valence-electron chi connectivity index (χ1n) is 11.0. The molecule has 0 atom stereocenters. The van der Waals surface area contributed by atoms with Crippen molar-refractivity contribution in [1.29, 1.82) is 0 Å². The molecule has 252 valence electrons. The Kier molecular flexibility index (Phi) is 14.7. The van der Waals surface area contributed by atoms with Crippen LogP contribution in [0.15, 0.2) is 61.1 Å². The van der Waals surface area contributed by atoms with E-state index in [9.17, 15) is 61.5 Å². The summed E-state index contributed by atoms with van der Waals surface area (Å²) in [6.45, 7) is 0. The van der Waals surface area contributed by atoms with E-state index >= 15 is 0 Å². The zero-order chi connectivity index (χ0) is 35.7. The molecule has 4 rings (SSSR count). The van der Waals surface area contributed by atoms with E-state index in [4.69, 9.17) is 46.4 Å². The Morgan fingerprint density at radius 3 is 1.37 bits per heavy atom. The zero-order valence-electron chi connectivity index (χ0n) is 21.4. The molecular weight excluding hydrogens is 752 g/mol. The Morgan fingerprint density at radius 1 is 0.478 bits per heavy atom. The van der Waals surface area contributed by atoms with E-state index < -0.39 is 74.3 Å². The van der Waals surface area contributed by atoms with Gasteiger partial charge in [-0.25, -0.2) is 19.9 Å². The molecule has 0 fully saturated rings. The summed E-state index contributed by atoms with van der Waals surface area (Å²) in [6, 6.07) is 5.27. The first-order valence-corrected chi connectivity index (χ1v) is 12.5. The third-order valence-corrected chi connectivity index (χ3v) is 5.45. The first kappa shape index (κ1) is 40.8. The second-order valence-electron chi connectivity index (χ2n) is 7.67. The number of pyridine rings is 4. The minimum Gasteiger partial charge on any atom is -0.244 e. The van der Waals surface area contributed by atoms with Crippen LogP contribution in [0.3, 0.4) is 0 Å². The molecule has 0 spiro atoms. The van der Waals surface area contributed by atoms with Gasteiger partial charge in [-0.15, -0.1) is 0 Å². The third kappa shape index (κ3) is 14.0. The fourth-order valence-electron chi connectivity index (χ4n) is 2.39.